The quantitative estimate of drug-likeness (QED) is 0.613. The third-order valence-electron chi connectivity index (χ3n) is 7.39. The summed E-state index contributed by atoms with van der Waals surface area (Å²) in [5, 5.41) is 0. The molecule has 0 saturated carbocycles. The fourth-order valence-corrected chi connectivity index (χ4v) is 5.71. The third kappa shape index (κ3) is 3.82. The highest BCUT2D eigenvalue weighted by Crippen LogP contribution is 2.38. The molecule has 3 saturated heterocycles. The Morgan fingerprint density at radius 2 is 1.53 bits per heavy atom. The molecule has 2 aromatic rings. The minimum absolute atomic E-state index is 0.308. The molecule has 6 nitrogen and oxygen atoms in total. The van der Waals surface area contributed by atoms with Crippen LogP contribution in [0.5, 0.6) is 23.0 Å². The maximum absolute atomic E-state index is 5.61. The van der Waals surface area contributed by atoms with Crippen LogP contribution in [0, 0.1) is 11.8 Å². The first-order valence-corrected chi connectivity index (χ1v) is 11.6. The van der Waals surface area contributed by atoms with E-state index in [-0.39, 0.29) is 0 Å². The molecule has 2 aromatic carbocycles. The predicted octanol–water partition coefficient (Wildman–Crippen LogP) is 4.04. The van der Waals surface area contributed by atoms with E-state index in [0.717, 1.165) is 55.1 Å². The van der Waals surface area contributed by atoms with Crippen molar-refractivity contribution in [3.63, 3.8) is 0 Å². The summed E-state index contributed by atoms with van der Waals surface area (Å²) in [6, 6.07) is 13.2. The predicted molar refractivity (Wildman–Crippen MR) is 121 cm³/mol. The summed E-state index contributed by atoms with van der Waals surface area (Å²) in [7, 11) is 0. The lowest BCUT2D eigenvalue weighted by Gasteiger charge is -2.50. The smallest absolute Gasteiger partial charge is 0.231 e. The highest BCUT2D eigenvalue weighted by molar-refractivity contribution is 5.45. The van der Waals surface area contributed by atoms with Crippen molar-refractivity contribution in [2.45, 2.75) is 32.0 Å². The zero-order chi connectivity index (χ0) is 21.5. The lowest BCUT2D eigenvalue weighted by molar-refractivity contribution is 0.000107. The molecular weight excluding hydrogens is 404 g/mol. The van der Waals surface area contributed by atoms with Gasteiger partial charge in [0.25, 0.3) is 0 Å². The summed E-state index contributed by atoms with van der Waals surface area (Å²) in [4.78, 5) is 5.24. The first-order valence-electron chi connectivity index (χ1n) is 11.6. The maximum atomic E-state index is 5.61. The monoisotopic (exact) mass is 434 g/mol. The van der Waals surface area contributed by atoms with Gasteiger partial charge in [-0.25, -0.2) is 0 Å². The lowest BCUT2D eigenvalue weighted by Crippen LogP contribution is -2.56. The van der Waals surface area contributed by atoms with Gasteiger partial charge in [0.2, 0.25) is 13.6 Å². The average molecular weight is 435 g/mol. The second-order valence-electron chi connectivity index (χ2n) is 9.38. The molecular formula is C26H30N2O4. The number of piperidine rings is 3. The normalized spacial score (nSPS) is 27.2. The minimum Gasteiger partial charge on any atom is -0.454 e. The highest BCUT2D eigenvalue weighted by Gasteiger charge is 2.39. The molecule has 0 amide bonds. The van der Waals surface area contributed by atoms with Gasteiger partial charge in [-0.3, -0.25) is 9.80 Å². The largest absolute Gasteiger partial charge is 0.454 e. The van der Waals surface area contributed by atoms with Crippen molar-refractivity contribution >= 4 is 0 Å². The Balaban J connectivity index is 1.22. The molecule has 0 aliphatic carbocycles. The molecule has 0 radical (unpaired) electrons. The van der Waals surface area contributed by atoms with Gasteiger partial charge in [0.05, 0.1) is 0 Å². The molecule has 5 heterocycles. The minimum atomic E-state index is 0.308. The second-order valence-corrected chi connectivity index (χ2v) is 9.38. The Morgan fingerprint density at radius 3 is 2.09 bits per heavy atom. The van der Waals surface area contributed by atoms with E-state index in [0.29, 0.717) is 25.5 Å². The maximum Gasteiger partial charge on any atom is 0.231 e. The number of ether oxygens (including phenoxy) is 4. The molecule has 0 spiro atoms. The summed E-state index contributed by atoms with van der Waals surface area (Å²) in [6.07, 6.45) is 4.73. The molecule has 0 N–H and O–H groups in total. The van der Waals surface area contributed by atoms with Crippen molar-refractivity contribution in [3.8, 4) is 23.0 Å². The summed E-state index contributed by atoms with van der Waals surface area (Å²) in [6.45, 7) is 9.83. The molecule has 7 rings (SSSR count). The van der Waals surface area contributed by atoms with E-state index in [1.54, 1.807) is 0 Å². The van der Waals surface area contributed by atoms with Gasteiger partial charge < -0.3 is 18.9 Å². The molecule has 0 aromatic heterocycles. The van der Waals surface area contributed by atoms with Gasteiger partial charge in [-0.2, -0.15) is 0 Å². The van der Waals surface area contributed by atoms with Gasteiger partial charge in [-0.05, 0) is 66.6 Å². The van der Waals surface area contributed by atoms with Crippen LogP contribution in [-0.4, -0.2) is 49.1 Å². The first-order chi connectivity index (χ1) is 15.7. The number of benzene rings is 2. The van der Waals surface area contributed by atoms with Gasteiger partial charge in [-0.1, -0.05) is 18.2 Å². The van der Waals surface area contributed by atoms with E-state index in [4.69, 9.17) is 18.9 Å². The van der Waals surface area contributed by atoms with Crippen LogP contribution in [-0.2, 0) is 13.1 Å². The molecule has 5 aliphatic heterocycles. The van der Waals surface area contributed by atoms with E-state index in [1.165, 1.54) is 30.5 Å². The molecule has 3 fully saturated rings. The molecule has 6 heteroatoms. The van der Waals surface area contributed by atoms with Gasteiger partial charge in [0.15, 0.2) is 23.0 Å². The molecule has 32 heavy (non-hydrogen) atoms. The highest BCUT2D eigenvalue weighted by atomic mass is 16.7. The molecule has 1 unspecified atom stereocenters. The zero-order valence-corrected chi connectivity index (χ0v) is 18.4. The van der Waals surface area contributed by atoms with Crippen LogP contribution in [0.2, 0.25) is 0 Å². The number of hydrogen-bond acceptors (Lipinski definition) is 6. The second kappa shape index (κ2) is 8.34. The van der Waals surface area contributed by atoms with Crippen LogP contribution < -0.4 is 18.9 Å². The van der Waals surface area contributed by atoms with Gasteiger partial charge in [0.1, 0.15) is 0 Å². The van der Waals surface area contributed by atoms with Crippen molar-refractivity contribution in [2.75, 3.05) is 33.2 Å². The fourth-order valence-electron chi connectivity index (χ4n) is 5.71. The van der Waals surface area contributed by atoms with E-state index < -0.39 is 0 Å². The summed E-state index contributed by atoms with van der Waals surface area (Å²) in [5.74, 6) is 4.79. The van der Waals surface area contributed by atoms with E-state index in [1.807, 2.05) is 12.1 Å². The average Bonchev–Trinajstić information content (AvgIpc) is 3.48. The molecule has 2 bridgehead atoms. The Hall–Kier alpha value is -2.70. The van der Waals surface area contributed by atoms with Crippen molar-refractivity contribution < 1.29 is 18.9 Å². The Bertz CT molecular complexity index is 950. The SMILES string of the molecule is C=C[C@@H]1CN2CC[C@H]1C[C@@H]2CN(Cc1ccc2c(c1)OCO2)Cc1ccc2c(c1)OCO2. The van der Waals surface area contributed by atoms with Gasteiger partial charge in [0, 0.05) is 32.2 Å². The molecule has 5 aliphatic rings. The van der Waals surface area contributed by atoms with Crippen molar-refractivity contribution in [2.24, 2.45) is 11.8 Å². The van der Waals surface area contributed by atoms with Gasteiger partial charge in [-0.15, -0.1) is 6.58 Å². The molecule has 4 atom stereocenters. The Labute approximate surface area is 189 Å². The van der Waals surface area contributed by atoms with E-state index >= 15 is 0 Å². The van der Waals surface area contributed by atoms with Crippen LogP contribution in [0.1, 0.15) is 24.0 Å². The van der Waals surface area contributed by atoms with Gasteiger partial charge >= 0.3 is 0 Å². The standard InChI is InChI=1S/C26H30N2O4/c1-2-20-14-28-8-7-21(20)11-22(28)15-27(12-18-3-5-23-25(9-18)31-16-29-23)13-19-4-6-24-26(10-19)32-17-30-24/h2-6,9-10,20-22H,1,7-8,11-17H2/t20-,21+,22-/m1/s1. The summed E-state index contributed by atoms with van der Waals surface area (Å²) >= 11 is 0. The number of fused-ring (bicyclic) bond motifs is 5. The number of hydrogen-bond donors (Lipinski definition) is 0. The lowest BCUT2D eigenvalue weighted by atomic mass is 9.75. The number of rotatable bonds is 7. The Morgan fingerprint density at radius 1 is 0.906 bits per heavy atom. The number of nitrogens with zero attached hydrogens (tertiary/aromatic N) is 2. The zero-order valence-electron chi connectivity index (χ0n) is 18.4. The summed E-state index contributed by atoms with van der Waals surface area (Å²) in [5.41, 5.74) is 2.49. The Kier molecular flexibility index (Phi) is 5.20. The van der Waals surface area contributed by atoms with Crippen LogP contribution >= 0.6 is 0 Å². The first kappa shape index (κ1) is 19.9. The van der Waals surface area contributed by atoms with E-state index in [9.17, 15) is 0 Å². The van der Waals surface area contributed by atoms with Crippen LogP contribution in [0.4, 0.5) is 0 Å². The van der Waals surface area contributed by atoms with Crippen LogP contribution in [0.3, 0.4) is 0 Å². The van der Waals surface area contributed by atoms with Crippen LogP contribution in [0.15, 0.2) is 49.1 Å². The molecule has 168 valence electrons. The van der Waals surface area contributed by atoms with Crippen molar-refractivity contribution in [1.82, 2.24) is 9.80 Å². The summed E-state index contributed by atoms with van der Waals surface area (Å²) < 4.78 is 22.2. The van der Waals surface area contributed by atoms with E-state index in [2.05, 4.69) is 46.7 Å². The van der Waals surface area contributed by atoms with Crippen molar-refractivity contribution in [3.05, 3.63) is 60.2 Å². The third-order valence-corrected chi connectivity index (χ3v) is 7.39. The fraction of sp³-hybridized carbons (Fsp3) is 0.462. The van der Waals surface area contributed by atoms with Crippen LogP contribution in [0.25, 0.3) is 0 Å². The topological polar surface area (TPSA) is 43.4 Å². The van der Waals surface area contributed by atoms with Crippen molar-refractivity contribution in [1.29, 1.82) is 0 Å².